The van der Waals surface area contributed by atoms with Gasteiger partial charge < -0.3 is 30.1 Å². The first-order chi connectivity index (χ1) is 22.9. The molecule has 11 nitrogen and oxygen atoms in total. The van der Waals surface area contributed by atoms with Crippen molar-refractivity contribution >= 4 is 33.3 Å². The summed E-state index contributed by atoms with van der Waals surface area (Å²) in [6.07, 6.45) is 1.49. The summed E-state index contributed by atoms with van der Waals surface area (Å²) < 4.78 is 40.8. The Labute approximate surface area is 284 Å². The van der Waals surface area contributed by atoms with E-state index in [0.717, 1.165) is 18.4 Å². The van der Waals surface area contributed by atoms with E-state index in [4.69, 9.17) is 9.47 Å². The van der Waals surface area contributed by atoms with Crippen molar-refractivity contribution in [3.8, 4) is 5.75 Å². The summed E-state index contributed by atoms with van der Waals surface area (Å²) in [4.78, 5) is 28.9. The number of para-hydroxylation sites is 1. The molecule has 260 valence electrons. The van der Waals surface area contributed by atoms with E-state index >= 15 is 0 Å². The second-order valence-electron chi connectivity index (χ2n) is 12.6. The lowest BCUT2D eigenvalue weighted by Crippen LogP contribution is -2.48. The van der Waals surface area contributed by atoms with E-state index in [1.54, 1.807) is 66.4 Å². The molecule has 0 saturated heterocycles. The van der Waals surface area contributed by atoms with Crippen LogP contribution >= 0.6 is 0 Å². The van der Waals surface area contributed by atoms with Crippen LogP contribution in [0.3, 0.4) is 0 Å². The van der Waals surface area contributed by atoms with E-state index in [9.17, 15) is 23.1 Å². The van der Waals surface area contributed by atoms with E-state index < -0.39 is 34.1 Å². The molecule has 1 heterocycles. The van der Waals surface area contributed by atoms with E-state index in [0.29, 0.717) is 30.2 Å². The molecule has 0 aromatic heterocycles. The molecule has 4 atom stereocenters. The number of aryl methyl sites for hydroxylation is 1. The Balaban J connectivity index is 1.62. The third kappa shape index (κ3) is 9.79. The molecule has 12 heteroatoms. The number of aliphatic hydroxyl groups is 1. The van der Waals surface area contributed by atoms with Gasteiger partial charge in [0.1, 0.15) is 5.75 Å². The standard InChI is InChI=1S/C36H48N4O7S/c1-25-14-17-31(18-15-25)48(44,45)39(5)23-34-26(2)22-40(27(3)24-41)35(42)32-21-30(38-36(43)37-29-12-7-6-8-13-29)16-19-33(32)47-28(4)11-9-10-20-46-34/h6-8,12-19,21,26-28,34,41H,9-11,20,22-24H2,1-5H3,(H2,37,38,43)/t26-,27+,28+,34-/m0/s1. The molecule has 3 aromatic rings. The first-order valence-corrected chi connectivity index (χ1v) is 17.8. The highest BCUT2D eigenvalue weighted by Gasteiger charge is 2.32. The van der Waals surface area contributed by atoms with Crippen molar-refractivity contribution in [1.82, 2.24) is 9.21 Å². The maximum atomic E-state index is 14.3. The van der Waals surface area contributed by atoms with Crippen LogP contribution in [0.15, 0.2) is 77.7 Å². The summed E-state index contributed by atoms with van der Waals surface area (Å²) in [5, 5.41) is 15.8. The molecule has 0 aliphatic carbocycles. The summed E-state index contributed by atoms with van der Waals surface area (Å²) in [5.74, 6) is -0.338. The average Bonchev–Trinajstić information content (AvgIpc) is 3.06. The summed E-state index contributed by atoms with van der Waals surface area (Å²) in [5.41, 5.74) is 2.21. The Hall–Kier alpha value is -3.97. The molecule has 0 radical (unpaired) electrons. The zero-order valence-electron chi connectivity index (χ0n) is 28.4. The quantitative estimate of drug-likeness (QED) is 0.275. The van der Waals surface area contributed by atoms with Crippen LogP contribution in [0.4, 0.5) is 16.2 Å². The molecule has 0 saturated carbocycles. The SMILES string of the molecule is Cc1ccc(S(=O)(=O)N(C)C[C@@H]2OCCCC[C@@H](C)Oc3ccc(NC(=O)Nc4ccccc4)cc3C(=O)N([C@H](C)CO)C[C@@H]2C)cc1. The van der Waals surface area contributed by atoms with Crippen LogP contribution in [0.25, 0.3) is 0 Å². The lowest BCUT2D eigenvalue weighted by atomic mass is 10.0. The van der Waals surface area contributed by atoms with Crippen LogP contribution in [0, 0.1) is 12.8 Å². The lowest BCUT2D eigenvalue weighted by Gasteiger charge is -2.35. The van der Waals surface area contributed by atoms with Crippen LogP contribution in [0.1, 0.15) is 56.0 Å². The van der Waals surface area contributed by atoms with E-state index in [1.807, 2.05) is 39.0 Å². The minimum Gasteiger partial charge on any atom is -0.490 e. The first-order valence-electron chi connectivity index (χ1n) is 16.4. The molecule has 0 bridgehead atoms. The maximum Gasteiger partial charge on any atom is 0.323 e. The number of benzene rings is 3. The minimum absolute atomic E-state index is 0.0770. The Morgan fingerprint density at radius 3 is 2.40 bits per heavy atom. The van der Waals surface area contributed by atoms with Gasteiger partial charge in [-0.2, -0.15) is 4.31 Å². The predicted molar refractivity (Wildman–Crippen MR) is 187 cm³/mol. The molecular weight excluding hydrogens is 632 g/mol. The van der Waals surface area contributed by atoms with Gasteiger partial charge in [0.25, 0.3) is 5.91 Å². The Morgan fingerprint density at radius 1 is 1.02 bits per heavy atom. The number of sulfonamides is 1. The molecule has 1 aliphatic rings. The van der Waals surface area contributed by atoms with Gasteiger partial charge in [0.15, 0.2) is 0 Å². The van der Waals surface area contributed by atoms with Crippen LogP contribution in [-0.2, 0) is 14.8 Å². The number of likely N-dealkylation sites (N-methyl/N-ethyl adjacent to an activating group) is 1. The summed E-state index contributed by atoms with van der Waals surface area (Å²) in [6.45, 7) is 7.87. The van der Waals surface area contributed by atoms with Crippen molar-refractivity contribution < 1.29 is 32.6 Å². The number of carbonyl (C=O) groups excluding carboxylic acids is 2. The molecule has 3 N–H and O–H groups in total. The van der Waals surface area contributed by atoms with Crippen molar-refractivity contribution in [2.45, 2.75) is 70.1 Å². The molecule has 1 aliphatic heterocycles. The van der Waals surface area contributed by atoms with Gasteiger partial charge in [0, 0.05) is 44.0 Å². The van der Waals surface area contributed by atoms with Crippen molar-refractivity contribution in [2.24, 2.45) is 5.92 Å². The second kappa shape index (κ2) is 16.9. The van der Waals surface area contributed by atoms with Gasteiger partial charge in [-0.05, 0) is 82.5 Å². The van der Waals surface area contributed by atoms with Gasteiger partial charge in [0.05, 0.1) is 35.3 Å². The molecule has 4 rings (SSSR count). The number of ether oxygens (including phenoxy) is 2. The molecule has 48 heavy (non-hydrogen) atoms. The Kier molecular flexibility index (Phi) is 13.0. The number of amides is 3. The molecule has 0 unspecified atom stereocenters. The van der Waals surface area contributed by atoms with E-state index in [2.05, 4.69) is 10.6 Å². The zero-order chi connectivity index (χ0) is 34.8. The monoisotopic (exact) mass is 680 g/mol. The van der Waals surface area contributed by atoms with E-state index in [-0.39, 0.29) is 42.2 Å². The highest BCUT2D eigenvalue weighted by atomic mass is 32.2. The number of urea groups is 1. The third-order valence-electron chi connectivity index (χ3n) is 8.51. The topological polar surface area (TPSA) is 138 Å². The molecule has 0 spiro atoms. The van der Waals surface area contributed by atoms with Crippen molar-refractivity contribution in [1.29, 1.82) is 0 Å². The van der Waals surface area contributed by atoms with Crippen molar-refractivity contribution in [3.05, 3.63) is 83.9 Å². The maximum absolute atomic E-state index is 14.3. The highest BCUT2D eigenvalue weighted by Crippen LogP contribution is 2.29. The molecule has 3 amide bonds. The largest absolute Gasteiger partial charge is 0.490 e. The van der Waals surface area contributed by atoms with Crippen LogP contribution < -0.4 is 15.4 Å². The number of rotatable bonds is 8. The van der Waals surface area contributed by atoms with Gasteiger partial charge >= 0.3 is 6.03 Å². The minimum atomic E-state index is -3.79. The first kappa shape index (κ1) is 36.9. The van der Waals surface area contributed by atoms with Crippen LogP contribution in [0.2, 0.25) is 0 Å². The van der Waals surface area contributed by atoms with E-state index in [1.165, 1.54) is 11.4 Å². The van der Waals surface area contributed by atoms with Gasteiger partial charge in [-0.15, -0.1) is 0 Å². The number of fused-ring (bicyclic) bond motifs is 1. The number of nitrogens with zero attached hydrogens (tertiary/aromatic N) is 2. The summed E-state index contributed by atoms with van der Waals surface area (Å²) in [6, 6.07) is 19.6. The number of nitrogens with one attached hydrogen (secondary N) is 2. The lowest BCUT2D eigenvalue weighted by molar-refractivity contribution is -0.00833. The second-order valence-corrected chi connectivity index (χ2v) is 14.6. The Bertz CT molecular complexity index is 1620. The number of aliphatic hydroxyl groups excluding tert-OH is 1. The number of anilines is 2. The number of carbonyl (C=O) groups is 2. The summed E-state index contributed by atoms with van der Waals surface area (Å²) in [7, 11) is -2.25. The Morgan fingerprint density at radius 2 is 1.71 bits per heavy atom. The molecular formula is C36H48N4O7S. The summed E-state index contributed by atoms with van der Waals surface area (Å²) >= 11 is 0. The van der Waals surface area contributed by atoms with Crippen LogP contribution in [0.5, 0.6) is 5.75 Å². The van der Waals surface area contributed by atoms with Gasteiger partial charge in [-0.3, -0.25) is 4.79 Å². The third-order valence-corrected chi connectivity index (χ3v) is 10.3. The number of hydrogen-bond acceptors (Lipinski definition) is 7. The fraction of sp³-hybridized carbons (Fsp3) is 0.444. The smallest absolute Gasteiger partial charge is 0.323 e. The predicted octanol–water partition coefficient (Wildman–Crippen LogP) is 5.76. The number of hydrogen-bond donors (Lipinski definition) is 3. The van der Waals surface area contributed by atoms with Crippen molar-refractivity contribution in [2.75, 3.05) is 44.0 Å². The average molecular weight is 681 g/mol. The van der Waals surface area contributed by atoms with Gasteiger partial charge in [-0.25, -0.2) is 13.2 Å². The normalized spacial score (nSPS) is 20.3. The van der Waals surface area contributed by atoms with Crippen molar-refractivity contribution in [3.63, 3.8) is 0 Å². The molecule has 0 fully saturated rings. The zero-order valence-corrected chi connectivity index (χ0v) is 29.2. The molecule has 3 aromatic carbocycles. The van der Waals surface area contributed by atoms with Crippen LogP contribution in [-0.4, -0.2) is 86.3 Å². The fourth-order valence-electron chi connectivity index (χ4n) is 5.52. The fourth-order valence-corrected chi connectivity index (χ4v) is 6.70. The van der Waals surface area contributed by atoms with Gasteiger partial charge in [0.2, 0.25) is 10.0 Å². The highest BCUT2D eigenvalue weighted by molar-refractivity contribution is 7.89. The van der Waals surface area contributed by atoms with Gasteiger partial charge in [-0.1, -0.05) is 42.8 Å².